The molecule has 1 aromatic rings. The van der Waals surface area contributed by atoms with Crippen molar-refractivity contribution in [3.8, 4) is 0 Å². The number of rotatable bonds is 2. The van der Waals surface area contributed by atoms with Gasteiger partial charge in [0.2, 0.25) is 0 Å². The van der Waals surface area contributed by atoms with Crippen LogP contribution in [0.25, 0.3) is 0 Å². The van der Waals surface area contributed by atoms with Crippen molar-refractivity contribution in [2.24, 2.45) is 0 Å². The summed E-state index contributed by atoms with van der Waals surface area (Å²) in [6, 6.07) is 6.13. The first-order chi connectivity index (χ1) is 6.72. The van der Waals surface area contributed by atoms with E-state index in [2.05, 4.69) is 19.1 Å². The highest BCUT2D eigenvalue weighted by Crippen LogP contribution is 2.23. The van der Waals surface area contributed by atoms with Crippen molar-refractivity contribution in [1.82, 2.24) is 4.90 Å². The summed E-state index contributed by atoms with van der Waals surface area (Å²) in [5.41, 5.74) is 3.24. The number of nitrogens with zero attached hydrogens (tertiary/aromatic N) is 1. The van der Waals surface area contributed by atoms with Crippen molar-refractivity contribution in [3.05, 3.63) is 34.9 Å². The quantitative estimate of drug-likeness (QED) is 0.699. The molecule has 2 nitrogen and oxygen atoms in total. The topological polar surface area (TPSA) is 20.3 Å². The Bertz CT molecular complexity index is 371. The molecule has 1 heterocycles. The van der Waals surface area contributed by atoms with Gasteiger partial charge in [0.05, 0.1) is 0 Å². The van der Waals surface area contributed by atoms with Crippen LogP contribution in [-0.2, 0) is 6.54 Å². The average Bonchev–Trinajstić information content (AvgIpc) is 2.46. The molecule has 1 amide bonds. The largest absolute Gasteiger partial charge is 0.334 e. The molecule has 2 rings (SSSR count). The first kappa shape index (κ1) is 9.25. The van der Waals surface area contributed by atoms with E-state index in [1.54, 1.807) is 0 Å². The summed E-state index contributed by atoms with van der Waals surface area (Å²) in [5, 5.41) is 0. The van der Waals surface area contributed by atoms with Crippen LogP contribution in [0.3, 0.4) is 0 Å². The molecule has 2 heteroatoms. The van der Waals surface area contributed by atoms with E-state index < -0.39 is 0 Å². The van der Waals surface area contributed by atoms with Gasteiger partial charge in [0.1, 0.15) is 0 Å². The van der Waals surface area contributed by atoms with Crippen molar-refractivity contribution in [2.45, 2.75) is 26.8 Å². The van der Waals surface area contributed by atoms with Crippen LogP contribution in [0.5, 0.6) is 0 Å². The van der Waals surface area contributed by atoms with Crippen molar-refractivity contribution in [3.63, 3.8) is 0 Å². The first-order valence-corrected chi connectivity index (χ1v) is 5.11. The zero-order valence-corrected chi connectivity index (χ0v) is 8.71. The Morgan fingerprint density at radius 3 is 2.93 bits per heavy atom. The maximum atomic E-state index is 11.9. The Labute approximate surface area is 84.5 Å². The third-order valence-electron chi connectivity index (χ3n) is 2.64. The summed E-state index contributed by atoms with van der Waals surface area (Å²) in [4.78, 5) is 13.8. The fourth-order valence-corrected chi connectivity index (χ4v) is 1.93. The molecule has 0 saturated carbocycles. The molecule has 0 saturated heterocycles. The van der Waals surface area contributed by atoms with Gasteiger partial charge in [0.25, 0.3) is 5.91 Å². The van der Waals surface area contributed by atoms with Gasteiger partial charge in [-0.05, 0) is 25.0 Å². The lowest BCUT2D eigenvalue weighted by atomic mass is 10.1. The van der Waals surface area contributed by atoms with Crippen LogP contribution in [0.15, 0.2) is 18.2 Å². The maximum Gasteiger partial charge on any atom is 0.254 e. The molecular formula is C12H15NO. The summed E-state index contributed by atoms with van der Waals surface area (Å²) in [5.74, 6) is 0.200. The molecule has 0 bridgehead atoms. The fraction of sp³-hybridized carbons (Fsp3) is 0.417. The normalized spacial score (nSPS) is 14.7. The molecule has 0 aromatic heterocycles. The maximum absolute atomic E-state index is 11.9. The lowest BCUT2D eigenvalue weighted by Gasteiger charge is -2.13. The van der Waals surface area contributed by atoms with Gasteiger partial charge >= 0.3 is 0 Å². The van der Waals surface area contributed by atoms with Gasteiger partial charge in [-0.25, -0.2) is 0 Å². The molecule has 1 aliphatic heterocycles. The SMILES string of the molecule is CCCN1Cc2ccc(C)cc2C1=O. The number of fused-ring (bicyclic) bond motifs is 1. The Morgan fingerprint density at radius 2 is 2.21 bits per heavy atom. The van der Waals surface area contributed by atoms with Crippen molar-refractivity contribution in [1.29, 1.82) is 0 Å². The molecule has 0 spiro atoms. The molecule has 0 atom stereocenters. The van der Waals surface area contributed by atoms with Crippen molar-refractivity contribution >= 4 is 5.91 Å². The molecule has 0 unspecified atom stereocenters. The van der Waals surface area contributed by atoms with Gasteiger partial charge in [-0.2, -0.15) is 0 Å². The Kier molecular flexibility index (Phi) is 2.28. The van der Waals surface area contributed by atoms with E-state index in [-0.39, 0.29) is 5.91 Å². The zero-order chi connectivity index (χ0) is 10.1. The van der Waals surface area contributed by atoms with Crippen LogP contribution in [0, 0.1) is 6.92 Å². The Balaban J connectivity index is 2.31. The number of hydrogen-bond acceptors (Lipinski definition) is 1. The van der Waals surface area contributed by atoms with Crippen LogP contribution >= 0.6 is 0 Å². The first-order valence-electron chi connectivity index (χ1n) is 5.11. The number of aryl methyl sites for hydroxylation is 1. The minimum atomic E-state index is 0.200. The monoisotopic (exact) mass is 189 g/mol. The van der Waals surface area contributed by atoms with Crippen LogP contribution in [-0.4, -0.2) is 17.4 Å². The number of carbonyl (C=O) groups excluding carboxylic acids is 1. The second kappa shape index (κ2) is 3.45. The minimum Gasteiger partial charge on any atom is -0.334 e. The van der Waals surface area contributed by atoms with Crippen molar-refractivity contribution < 1.29 is 4.79 Å². The average molecular weight is 189 g/mol. The zero-order valence-electron chi connectivity index (χ0n) is 8.71. The molecule has 74 valence electrons. The van der Waals surface area contributed by atoms with Gasteiger partial charge in [0.15, 0.2) is 0 Å². The van der Waals surface area contributed by atoms with Crippen molar-refractivity contribution in [2.75, 3.05) is 6.54 Å². The molecule has 0 radical (unpaired) electrons. The number of hydrogen-bond donors (Lipinski definition) is 0. The van der Waals surface area contributed by atoms with Crippen LogP contribution in [0.1, 0.15) is 34.8 Å². The van der Waals surface area contributed by atoms with Gasteiger partial charge in [-0.15, -0.1) is 0 Å². The highest BCUT2D eigenvalue weighted by Gasteiger charge is 2.25. The van der Waals surface area contributed by atoms with Crippen LogP contribution < -0.4 is 0 Å². The summed E-state index contributed by atoms with van der Waals surface area (Å²) in [6.07, 6.45) is 1.03. The molecule has 0 fully saturated rings. The lowest BCUT2D eigenvalue weighted by molar-refractivity contribution is 0.0778. The molecule has 0 aliphatic carbocycles. The number of amides is 1. The minimum absolute atomic E-state index is 0.200. The van der Waals surface area contributed by atoms with Gasteiger partial charge in [0, 0.05) is 18.7 Å². The highest BCUT2D eigenvalue weighted by atomic mass is 16.2. The van der Waals surface area contributed by atoms with E-state index in [0.29, 0.717) is 0 Å². The lowest BCUT2D eigenvalue weighted by Crippen LogP contribution is -2.24. The second-order valence-corrected chi connectivity index (χ2v) is 3.89. The molecular weight excluding hydrogens is 174 g/mol. The standard InChI is InChI=1S/C12H15NO/c1-3-6-13-8-10-5-4-9(2)7-11(10)12(13)14/h4-5,7H,3,6,8H2,1-2H3. The summed E-state index contributed by atoms with van der Waals surface area (Å²) >= 11 is 0. The Morgan fingerprint density at radius 1 is 1.43 bits per heavy atom. The van der Waals surface area contributed by atoms with E-state index in [4.69, 9.17) is 0 Å². The van der Waals surface area contributed by atoms with Gasteiger partial charge < -0.3 is 4.90 Å². The van der Waals surface area contributed by atoms with Gasteiger partial charge in [-0.3, -0.25) is 4.79 Å². The van der Waals surface area contributed by atoms with E-state index in [9.17, 15) is 4.79 Å². The third kappa shape index (κ3) is 1.41. The summed E-state index contributed by atoms with van der Waals surface area (Å²) in [7, 11) is 0. The number of carbonyl (C=O) groups is 1. The third-order valence-corrected chi connectivity index (χ3v) is 2.64. The Hall–Kier alpha value is -1.31. The predicted molar refractivity (Wildman–Crippen MR) is 56.2 cm³/mol. The second-order valence-electron chi connectivity index (χ2n) is 3.89. The smallest absolute Gasteiger partial charge is 0.254 e. The summed E-state index contributed by atoms with van der Waals surface area (Å²) < 4.78 is 0. The van der Waals surface area contributed by atoms with Gasteiger partial charge in [-0.1, -0.05) is 24.6 Å². The van der Waals surface area contributed by atoms with Crippen LogP contribution in [0.4, 0.5) is 0 Å². The highest BCUT2D eigenvalue weighted by molar-refractivity contribution is 5.98. The van der Waals surface area contributed by atoms with E-state index in [1.807, 2.05) is 17.9 Å². The van der Waals surface area contributed by atoms with E-state index in [0.717, 1.165) is 30.6 Å². The molecule has 1 aromatic carbocycles. The molecule has 0 N–H and O–H groups in total. The molecule has 14 heavy (non-hydrogen) atoms. The predicted octanol–water partition coefficient (Wildman–Crippen LogP) is 2.36. The van der Waals surface area contributed by atoms with E-state index in [1.165, 1.54) is 5.56 Å². The van der Waals surface area contributed by atoms with E-state index >= 15 is 0 Å². The number of benzene rings is 1. The van der Waals surface area contributed by atoms with Crippen LogP contribution in [0.2, 0.25) is 0 Å². The summed E-state index contributed by atoms with van der Waals surface area (Å²) in [6.45, 7) is 5.78. The fourth-order valence-electron chi connectivity index (χ4n) is 1.93. The molecule has 1 aliphatic rings.